The Hall–Kier alpha value is -2.16. The average Bonchev–Trinajstić information content (AvgIpc) is 3.09. The summed E-state index contributed by atoms with van der Waals surface area (Å²) in [5.74, 6) is 0.248. The molecular weight excluding hydrogens is 388 g/mol. The van der Waals surface area contributed by atoms with Crippen LogP contribution in [0.5, 0.6) is 0 Å². The number of Topliss-reactive ketones (excluding diaryl/α,β-unsaturated/α-hetero) is 1. The molecule has 0 bridgehead atoms. The summed E-state index contributed by atoms with van der Waals surface area (Å²) in [6, 6.07) is 16.3. The van der Waals surface area contributed by atoms with Gasteiger partial charge in [-0.1, -0.05) is 42.1 Å². The van der Waals surface area contributed by atoms with Crippen LogP contribution in [0.4, 0.5) is 5.69 Å². The van der Waals surface area contributed by atoms with Gasteiger partial charge in [0.05, 0.1) is 17.7 Å². The number of anilines is 1. The van der Waals surface area contributed by atoms with E-state index in [1.54, 1.807) is 24.3 Å². The van der Waals surface area contributed by atoms with Crippen LogP contribution in [0.1, 0.15) is 10.4 Å². The zero-order chi connectivity index (χ0) is 18.6. The molecule has 0 aliphatic carbocycles. The maximum atomic E-state index is 12.3. The van der Waals surface area contributed by atoms with Crippen LogP contribution < -0.4 is 4.72 Å². The number of thiazole rings is 1. The van der Waals surface area contributed by atoms with E-state index in [-0.39, 0.29) is 11.5 Å². The number of sulfonamides is 1. The molecule has 0 amide bonds. The lowest BCUT2D eigenvalue weighted by molar-refractivity contribution is 0.102. The second-order valence-corrected chi connectivity index (χ2v) is 9.36. The number of thioether (sulfide) groups is 1. The van der Waals surface area contributed by atoms with Gasteiger partial charge in [-0.05, 0) is 24.3 Å². The van der Waals surface area contributed by atoms with E-state index in [9.17, 15) is 13.2 Å². The Morgan fingerprint density at radius 1 is 1.12 bits per heavy atom. The fraction of sp³-hybridized carbons (Fsp3) is 0.111. The van der Waals surface area contributed by atoms with E-state index in [4.69, 9.17) is 0 Å². The van der Waals surface area contributed by atoms with Crippen molar-refractivity contribution in [3.05, 3.63) is 65.5 Å². The summed E-state index contributed by atoms with van der Waals surface area (Å²) in [7, 11) is -3.32. The molecule has 0 spiro atoms. The van der Waals surface area contributed by atoms with Gasteiger partial charge in [-0.25, -0.2) is 13.4 Å². The molecular formula is C18H16N2O3S3. The number of aromatic nitrogens is 1. The van der Waals surface area contributed by atoms with Crippen LogP contribution in [0.3, 0.4) is 0 Å². The summed E-state index contributed by atoms with van der Waals surface area (Å²) in [5.41, 5.74) is 2.93. The van der Waals surface area contributed by atoms with Crippen LogP contribution in [0.2, 0.25) is 0 Å². The van der Waals surface area contributed by atoms with Crippen LogP contribution in [-0.2, 0) is 10.0 Å². The highest BCUT2D eigenvalue weighted by Crippen LogP contribution is 2.28. The minimum atomic E-state index is -3.32. The Morgan fingerprint density at radius 2 is 1.81 bits per heavy atom. The topological polar surface area (TPSA) is 76.1 Å². The molecule has 134 valence electrons. The van der Waals surface area contributed by atoms with Crippen molar-refractivity contribution in [1.82, 2.24) is 4.98 Å². The zero-order valence-corrected chi connectivity index (χ0v) is 16.3. The SMILES string of the molecule is CS(=O)(=O)Nc1ccc(C(=O)CSc2nc(-c3ccccc3)cs2)cc1. The van der Waals surface area contributed by atoms with Gasteiger partial charge in [0, 0.05) is 22.2 Å². The smallest absolute Gasteiger partial charge is 0.229 e. The van der Waals surface area contributed by atoms with Gasteiger partial charge < -0.3 is 0 Å². The third-order valence-corrected chi connectivity index (χ3v) is 6.02. The van der Waals surface area contributed by atoms with E-state index < -0.39 is 10.0 Å². The molecule has 0 atom stereocenters. The lowest BCUT2D eigenvalue weighted by Crippen LogP contribution is -2.10. The molecule has 0 unspecified atom stereocenters. The molecule has 0 radical (unpaired) electrons. The first-order chi connectivity index (χ1) is 12.4. The molecule has 26 heavy (non-hydrogen) atoms. The van der Waals surface area contributed by atoms with E-state index in [1.165, 1.54) is 23.1 Å². The molecule has 0 fully saturated rings. The number of ketones is 1. The third-order valence-electron chi connectivity index (χ3n) is 3.39. The van der Waals surface area contributed by atoms with Crippen molar-refractivity contribution >= 4 is 44.6 Å². The minimum absolute atomic E-state index is 0.0302. The molecule has 3 rings (SSSR count). The number of hydrogen-bond acceptors (Lipinski definition) is 6. The van der Waals surface area contributed by atoms with Crippen LogP contribution in [0.25, 0.3) is 11.3 Å². The normalized spacial score (nSPS) is 11.3. The number of nitrogens with one attached hydrogen (secondary N) is 1. The standard InChI is InChI=1S/C18H16N2O3S3/c1-26(22,23)20-15-9-7-14(8-10-15)17(21)12-25-18-19-16(11-24-18)13-5-3-2-4-6-13/h2-11,20H,12H2,1H3. The predicted molar refractivity (Wildman–Crippen MR) is 108 cm³/mol. The van der Waals surface area contributed by atoms with Gasteiger partial charge in [-0.3, -0.25) is 9.52 Å². The highest BCUT2D eigenvalue weighted by molar-refractivity contribution is 8.01. The number of rotatable bonds is 7. The average molecular weight is 405 g/mol. The number of nitrogens with zero attached hydrogens (tertiary/aromatic N) is 1. The van der Waals surface area contributed by atoms with Crippen molar-refractivity contribution in [1.29, 1.82) is 0 Å². The van der Waals surface area contributed by atoms with Gasteiger partial charge >= 0.3 is 0 Å². The van der Waals surface area contributed by atoms with Crippen LogP contribution in [0, 0.1) is 0 Å². The van der Waals surface area contributed by atoms with Crippen LogP contribution in [-0.4, -0.2) is 31.2 Å². The summed E-state index contributed by atoms with van der Waals surface area (Å²) in [6.45, 7) is 0. The molecule has 5 nitrogen and oxygen atoms in total. The molecule has 1 N–H and O–H groups in total. The Labute approximate surface area is 160 Å². The maximum Gasteiger partial charge on any atom is 0.229 e. The van der Waals surface area contributed by atoms with Crippen molar-refractivity contribution in [2.45, 2.75) is 4.34 Å². The first-order valence-electron chi connectivity index (χ1n) is 7.65. The lowest BCUT2D eigenvalue weighted by Gasteiger charge is -2.05. The number of carbonyl (C=O) groups excluding carboxylic acids is 1. The first-order valence-corrected chi connectivity index (χ1v) is 11.4. The van der Waals surface area contributed by atoms with Crippen molar-refractivity contribution in [2.75, 3.05) is 16.7 Å². The van der Waals surface area contributed by atoms with Gasteiger partial charge in [-0.15, -0.1) is 11.3 Å². The molecule has 0 saturated carbocycles. The fourth-order valence-electron chi connectivity index (χ4n) is 2.21. The number of benzene rings is 2. The van der Waals surface area contributed by atoms with Crippen molar-refractivity contribution in [3.63, 3.8) is 0 Å². The van der Waals surface area contributed by atoms with E-state index in [1.807, 2.05) is 35.7 Å². The Bertz CT molecular complexity index is 998. The molecule has 2 aromatic carbocycles. The summed E-state index contributed by atoms with van der Waals surface area (Å²) in [5, 5.41) is 1.98. The highest BCUT2D eigenvalue weighted by atomic mass is 32.2. The first kappa shape index (κ1) is 18.6. The number of carbonyl (C=O) groups is 1. The monoisotopic (exact) mass is 404 g/mol. The molecule has 0 aliphatic heterocycles. The Kier molecular flexibility index (Phi) is 5.75. The van der Waals surface area contributed by atoms with Gasteiger partial charge in [0.2, 0.25) is 10.0 Å². The zero-order valence-electron chi connectivity index (χ0n) is 13.9. The fourth-order valence-corrected chi connectivity index (χ4v) is 4.51. The van der Waals surface area contributed by atoms with Gasteiger partial charge in [0.25, 0.3) is 0 Å². The van der Waals surface area contributed by atoms with E-state index in [2.05, 4.69) is 9.71 Å². The number of hydrogen-bond donors (Lipinski definition) is 1. The van der Waals surface area contributed by atoms with Gasteiger partial charge in [0.1, 0.15) is 0 Å². The van der Waals surface area contributed by atoms with E-state index >= 15 is 0 Å². The van der Waals surface area contributed by atoms with Crippen molar-refractivity contribution in [2.24, 2.45) is 0 Å². The van der Waals surface area contributed by atoms with Crippen LogP contribution in [0.15, 0.2) is 64.3 Å². The molecule has 3 aromatic rings. The van der Waals surface area contributed by atoms with Gasteiger partial charge in [-0.2, -0.15) is 0 Å². The summed E-state index contributed by atoms with van der Waals surface area (Å²) in [6.07, 6.45) is 1.08. The summed E-state index contributed by atoms with van der Waals surface area (Å²) < 4.78 is 25.6. The molecule has 0 aliphatic rings. The third kappa shape index (κ3) is 5.17. The van der Waals surface area contributed by atoms with Crippen molar-refractivity contribution in [3.8, 4) is 11.3 Å². The van der Waals surface area contributed by atoms with E-state index in [0.717, 1.165) is 21.9 Å². The highest BCUT2D eigenvalue weighted by Gasteiger charge is 2.10. The molecule has 0 saturated heterocycles. The Balaban J connectivity index is 1.60. The van der Waals surface area contributed by atoms with Crippen molar-refractivity contribution < 1.29 is 13.2 Å². The largest absolute Gasteiger partial charge is 0.293 e. The predicted octanol–water partition coefficient (Wildman–Crippen LogP) is 4.16. The maximum absolute atomic E-state index is 12.3. The second-order valence-electron chi connectivity index (χ2n) is 5.53. The lowest BCUT2D eigenvalue weighted by atomic mass is 10.1. The minimum Gasteiger partial charge on any atom is -0.293 e. The Morgan fingerprint density at radius 3 is 2.46 bits per heavy atom. The molecule has 8 heteroatoms. The van der Waals surface area contributed by atoms with Crippen LogP contribution >= 0.6 is 23.1 Å². The van der Waals surface area contributed by atoms with Gasteiger partial charge in [0.15, 0.2) is 10.1 Å². The molecule has 1 heterocycles. The quantitative estimate of drug-likeness (QED) is 0.473. The second kappa shape index (κ2) is 8.03. The summed E-state index contributed by atoms with van der Waals surface area (Å²) in [4.78, 5) is 16.9. The van der Waals surface area contributed by atoms with E-state index in [0.29, 0.717) is 11.3 Å². The summed E-state index contributed by atoms with van der Waals surface area (Å²) >= 11 is 2.91. The molecule has 1 aromatic heterocycles.